The first kappa shape index (κ1) is 21.7. The number of aliphatic hydroxyl groups is 4. The number of nitrogens with one attached hydrogen (secondary N) is 2. The van der Waals surface area contributed by atoms with Gasteiger partial charge >= 0.3 is 0 Å². The second-order valence-corrected chi connectivity index (χ2v) is 7.55. The zero-order valence-electron chi connectivity index (χ0n) is 13.9. The number of ether oxygens (including phenoxy) is 1. The van der Waals surface area contributed by atoms with Crippen molar-refractivity contribution in [1.29, 1.82) is 0 Å². The zero-order chi connectivity index (χ0) is 19.4. The number of carbonyl (C=O) groups is 2. The van der Waals surface area contributed by atoms with Gasteiger partial charge in [-0.3, -0.25) is 9.59 Å². The van der Waals surface area contributed by atoms with Crippen LogP contribution in [0.25, 0.3) is 0 Å². The van der Waals surface area contributed by atoms with Crippen molar-refractivity contribution in [3.05, 3.63) is 4.91 Å². The molecule has 1 saturated heterocycles. The van der Waals surface area contributed by atoms with Crippen molar-refractivity contribution < 1.29 is 34.8 Å². The minimum absolute atomic E-state index is 0.535. The number of hydrogen-bond acceptors (Lipinski definition) is 10. The average molecular weight is 381 g/mol. The zero-order valence-corrected chi connectivity index (χ0v) is 14.8. The van der Waals surface area contributed by atoms with Crippen LogP contribution in [0.1, 0.15) is 20.8 Å². The van der Waals surface area contributed by atoms with Gasteiger partial charge in [0.05, 0.1) is 11.4 Å². The lowest BCUT2D eigenvalue weighted by Gasteiger charge is -2.41. The molecule has 1 aliphatic rings. The van der Waals surface area contributed by atoms with Gasteiger partial charge in [0, 0.05) is 23.5 Å². The number of nitrogens with zero attached hydrogens (tertiary/aromatic N) is 1. The molecule has 0 aliphatic carbocycles. The highest BCUT2D eigenvalue weighted by molar-refractivity contribution is 7.99. The van der Waals surface area contributed by atoms with Crippen LogP contribution < -0.4 is 10.6 Å². The molecule has 1 fully saturated rings. The van der Waals surface area contributed by atoms with E-state index in [1.54, 1.807) is 0 Å². The van der Waals surface area contributed by atoms with Crippen molar-refractivity contribution in [2.75, 3.05) is 6.61 Å². The number of rotatable bonds is 7. The van der Waals surface area contributed by atoms with Gasteiger partial charge in [-0.15, -0.1) is 4.91 Å². The van der Waals surface area contributed by atoms with Gasteiger partial charge in [-0.05, 0) is 13.8 Å². The molecule has 144 valence electrons. The molecule has 0 saturated carbocycles. The highest BCUT2D eigenvalue weighted by Gasteiger charge is 2.46. The van der Waals surface area contributed by atoms with Crippen LogP contribution in [0.4, 0.5) is 0 Å². The Balaban J connectivity index is 2.95. The summed E-state index contributed by atoms with van der Waals surface area (Å²) < 4.78 is 6.49. The fourth-order valence-corrected chi connectivity index (χ4v) is 2.87. The van der Waals surface area contributed by atoms with Gasteiger partial charge in [-0.2, -0.15) is 0 Å². The van der Waals surface area contributed by atoms with Gasteiger partial charge in [0.25, 0.3) is 0 Å². The standard InChI is InChI=1S/C13H23N3O8S/c1-5(18)14-10(13(2,3)25-16-23)11(21)15-7-9(20)8(19)6(4-17)24-12(7)22/h6-10,12,17,19-20,22H,4H2,1-3H3,(H,14,18)(H,15,21)/t6?,7?,8?,9?,10-,12?/m0/s1. The lowest BCUT2D eigenvalue weighted by molar-refractivity contribution is -0.254. The first-order chi connectivity index (χ1) is 11.5. The van der Waals surface area contributed by atoms with Gasteiger partial charge in [0.1, 0.15) is 30.4 Å². The molecule has 6 atom stereocenters. The number of carbonyl (C=O) groups excluding carboxylic acids is 2. The van der Waals surface area contributed by atoms with Crippen LogP contribution in [0.2, 0.25) is 0 Å². The van der Waals surface area contributed by atoms with E-state index < -0.39 is 59.9 Å². The molecule has 0 bridgehead atoms. The Kier molecular flexibility index (Phi) is 7.71. The second-order valence-electron chi connectivity index (χ2n) is 6.17. The summed E-state index contributed by atoms with van der Waals surface area (Å²) in [6, 6.07) is -2.63. The van der Waals surface area contributed by atoms with Crippen LogP contribution in [0.5, 0.6) is 0 Å². The van der Waals surface area contributed by atoms with Crippen molar-refractivity contribution in [3.63, 3.8) is 0 Å². The highest BCUT2D eigenvalue weighted by atomic mass is 32.2. The summed E-state index contributed by atoms with van der Waals surface area (Å²) in [4.78, 5) is 34.4. The van der Waals surface area contributed by atoms with Crippen LogP contribution in [-0.2, 0) is 14.3 Å². The molecule has 1 aliphatic heterocycles. The van der Waals surface area contributed by atoms with E-state index in [1.165, 1.54) is 20.8 Å². The summed E-state index contributed by atoms with van der Waals surface area (Å²) in [5.41, 5.74) is 0. The largest absolute Gasteiger partial charge is 0.394 e. The van der Waals surface area contributed by atoms with Crippen LogP contribution in [-0.4, -0.2) is 80.3 Å². The second kappa shape index (κ2) is 8.87. The Morgan fingerprint density at radius 3 is 2.36 bits per heavy atom. The molecule has 11 nitrogen and oxygen atoms in total. The Labute approximate surface area is 148 Å². The van der Waals surface area contributed by atoms with E-state index in [-0.39, 0.29) is 0 Å². The Morgan fingerprint density at radius 1 is 1.28 bits per heavy atom. The SMILES string of the molecule is CC(=O)N[C@@H](C(=O)NC1C(O)OC(CO)C(O)C1O)C(C)(C)SN=O. The molecule has 0 aromatic rings. The lowest BCUT2D eigenvalue weighted by atomic mass is 9.95. The molecule has 25 heavy (non-hydrogen) atoms. The van der Waals surface area contributed by atoms with Crippen LogP contribution >= 0.6 is 11.9 Å². The minimum atomic E-state index is -1.70. The number of nitroso groups, excluding NO2 is 1. The molecule has 5 unspecified atom stereocenters. The average Bonchev–Trinajstić information content (AvgIpc) is 2.52. The topological polar surface area (TPSA) is 178 Å². The van der Waals surface area contributed by atoms with E-state index in [0.717, 1.165) is 0 Å². The van der Waals surface area contributed by atoms with Crippen molar-refractivity contribution in [2.24, 2.45) is 4.58 Å². The summed E-state index contributed by atoms with van der Waals surface area (Å²) in [6.07, 6.45) is -6.08. The molecule has 0 aromatic carbocycles. The molecule has 1 rings (SSSR count). The normalized spacial score (nSPS) is 31.1. The quantitative estimate of drug-likeness (QED) is 0.207. The summed E-state index contributed by atoms with van der Waals surface area (Å²) in [5, 5.41) is 43.5. The van der Waals surface area contributed by atoms with Crippen molar-refractivity contribution in [2.45, 2.75) is 62.2 Å². The fraction of sp³-hybridized carbons (Fsp3) is 0.846. The number of amides is 2. The minimum Gasteiger partial charge on any atom is -0.394 e. The summed E-state index contributed by atoms with van der Waals surface area (Å²) in [6.45, 7) is 3.54. The third-order valence-corrected chi connectivity index (χ3v) is 4.57. The molecular formula is C13H23N3O8S. The van der Waals surface area contributed by atoms with E-state index >= 15 is 0 Å². The summed E-state index contributed by atoms with van der Waals surface area (Å²) in [5.74, 6) is -1.36. The van der Waals surface area contributed by atoms with E-state index in [2.05, 4.69) is 15.2 Å². The molecule has 0 spiro atoms. The number of aliphatic hydroxyl groups excluding tert-OH is 4. The summed E-state index contributed by atoms with van der Waals surface area (Å²) >= 11 is 0.535. The molecule has 0 radical (unpaired) electrons. The van der Waals surface area contributed by atoms with Gasteiger partial charge in [0.2, 0.25) is 11.8 Å². The van der Waals surface area contributed by atoms with Crippen molar-refractivity contribution in [3.8, 4) is 0 Å². The van der Waals surface area contributed by atoms with E-state index in [1.807, 2.05) is 0 Å². The number of hydrogen-bond donors (Lipinski definition) is 6. The molecular weight excluding hydrogens is 358 g/mol. The Hall–Kier alpha value is -1.31. The first-order valence-electron chi connectivity index (χ1n) is 7.44. The van der Waals surface area contributed by atoms with Crippen LogP contribution in [0.15, 0.2) is 4.58 Å². The molecule has 0 aromatic heterocycles. The maximum Gasteiger partial charge on any atom is 0.244 e. The van der Waals surface area contributed by atoms with E-state index in [4.69, 9.17) is 9.84 Å². The lowest BCUT2D eigenvalue weighted by Crippen LogP contribution is -2.67. The summed E-state index contributed by atoms with van der Waals surface area (Å²) in [7, 11) is 0. The predicted molar refractivity (Wildman–Crippen MR) is 87.0 cm³/mol. The Bertz CT molecular complexity index is 506. The van der Waals surface area contributed by atoms with Gasteiger partial charge < -0.3 is 35.8 Å². The van der Waals surface area contributed by atoms with E-state index in [0.29, 0.717) is 11.9 Å². The third-order valence-electron chi connectivity index (χ3n) is 3.79. The van der Waals surface area contributed by atoms with Gasteiger partial charge in [0.15, 0.2) is 6.29 Å². The predicted octanol–water partition coefficient (Wildman–Crippen LogP) is -2.40. The first-order valence-corrected chi connectivity index (χ1v) is 8.21. The van der Waals surface area contributed by atoms with Gasteiger partial charge in [-0.25, -0.2) is 0 Å². The van der Waals surface area contributed by atoms with Gasteiger partial charge in [-0.1, -0.05) is 0 Å². The highest BCUT2D eigenvalue weighted by Crippen LogP contribution is 2.29. The van der Waals surface area contributed by atoms with Crippen LogP contribution in [0, 0.1) is 4.91 Å². The van der Waals surface area contributed by atoms with Crippen molar-refractivity contribution >= 4 is 23.8 Å². The van der Waals surface area contributed by atoms with E-state index in [9.17, 15) is 29.8 Å². The van der Waals surface area contributed by atoms with Crippen LogP contribution in [0.3, 0.4) is 0 Å². The molecule has 6 N–H and O–H groups in total. The van der Waals surface area contributed by atoms with Crippen molar-refractivity contribution in [1.82, 2.24) is 10.6 Å². The Morgan fingerprint density at radius 2 is 1.88 bits per heavy atom. The smallest absolute Gasteiger partial charge is 0.244 e. The fourth-order valence-electron chi connectivity index (χ4n) is 2.41. The maximum absolute atomic E-state index is 12.5. The molecule has 12 heteroatoms. The molecule has 1 heterocycles. The monoisotopic (exact) mass is 381 g/mol. The maximum atomic E-state index is 12.5. The molecule has 2 amide bonds. The third kappa shape index (κ3) is 5.33.